The maximum absolute atomic E-state index is 12.6. The number of aliphatic hydroxyl groups excluding tert-OH is 1. The zero-order valence-corrected chi connectivity index (χ0v) is 36.3. The lowest BCUT2D eigenvalue weighted by Gasteiger charge is -2.20. The molecule has 13 heteroatoms. The van der Waals surface area contributed by atoms with E-state index in [1.165, 1.54) is 19.3 Å². The number of unbranched alkanes of at least 4 members (excludes halogenated alkanes) is 5. The number of carboxylic acids is 1. The van der Waals surface area contributed by atoms with Crippen molar-refractivity contribution in [3.05, 3.63) is 109 Å². The number of nitrogens with two attached hydrogens (primary N) is 1. The summed E-state index contributed by atoms with van der Waals surface area (Å²) in [7, 11) is -4.76. The minimum atomic E-state index is -4.76. The molecular weight excluding hydrogens is 773 g/mol. The Morgan fingerprint density at radius 1 is 0.627 bits per heavy atom. The monoisotopic (exact) mass is 845 g/mol. The van der Waals surface area contributed by atoms with Crippen LogP contribution in [0.25, 0.3) is 0 Å². The molecule has 0 aliphatic rings. The highest BCUT2D eigenvalue weighted by molar-refractivity contribution is 7.47. The van der Waals surface area contributed by atoms with Gasteiger partial charge in [0.05, 0.1) is 19.3 Å². The lowest BCUT2D eigenvalue weighted by atomic mass is 10.1. The number of ether oxygens (including phenoxy) is 2. The predicted molar refractivity (Wildman–Crippen MR) is 236 cm³/mol. The first-order valence-corrected chi connectivity index (χ1v) is 22.5. The van der Waals surface area contributed by atoms with Gasteiger partial charge in [-0.2, -0.15) is 0 Å². The van der Waals surface area contributed by atoms with Gasteiger partial charge >= 0.3 is 25.7 Å². The van der Waals surface area contributed by atoms with Crippen LogP contribution in [0.15, 0.2) is 109 Å². The molecule has 4 atom stereocenters. The van der Waals surface area contributed by atoms with E-state index in [-0.39, 0.29) is 12.8 Å². The van der Waals surface area contributed by atoms with E-state index >= 15 is 0 Å². The van der Waals surface area contributed by atoms with Crippen molar-refractivity contribution in [1.29, 1.82) is 0 Å². The number of rotatable bonds is 37. The molecule has 0 saturated carbocycles. The van der Waals surface area contributed by atoms with Crippen molar-refractivity contribution >= 4 is 25.7 Å². The van der Waals surface area contributed by atoms with Gasteiger partial charge in [0.25, 0.3) is 0 Å². The van der Waals surface area contributed by atoms with Crippen LogP contribution in [0.1, 0.15) is 123 Å². The van der Waals surface area contributed by atoms with Crippen LogP contribution in [0.3, 0.4) is 0 Å². The molecule has 0 aliphatic carbocycles. The van der Waals surface area contributed by atoms with Crippen LogP contribution in [0, 0.1) is 0 Å². The van der Waals surface area contributed by atoms with E-state index in [0.717, 1.165) is 51.4 Å². The predicted octanol–water partition coefficient (Wildman–Crippen LogP) is 10.0. The first-order valence-electron chi connectivity index (χ1n) is 21.0. The van der Waals surface area contributed by atoms with Crippen molar-refractivity contribution in [2.24, 2.45) is 5.73 Å². The third kappa shape index (κ3) is 39.3. The van der Waals surface area contributed by atoms with Crippen molar-refractivity contribution in [2.45, 2.75) is 141 Å². The number of hydrogen-bond acceptors (Lipinski definition) is 10. The van der Waals surface area contributed by atoms with Crippen LogP contribution < -0.4 is 5.73 Å². The number of phosphoric ester groups is 1. The topological polar surface area (TPSA) is 192 Å². The molecule has 0 aromatic carbocycles. The first kappa shape index (κ1) is 55.1. The zero-order chi connectivity index (χ0) is 43.7. The maximum atomic E-state index is 12.6. The van der Waals surface area contributed by atoms with Crippen molar-refractivity contribution in [3.8, 4) is 0 Å². The van der Waals surface area contributed by atoms with E-state index < -0.39 is 63.8 Å². The highest BCUT2D eigenvalue weighted by Gasteiger charge is 2.28. The summed E-state index contributed by atoms with van der Waals surface area (Å²) < 4.78 is 32.5. The molecule has 0 aromatic rings. The van der Waals surface area contributed by atoms with Gasteiger partial charge in [0.2, 0.25) is 0 Å². The second-order valence-electron chi connectivity index (χ2n) is 13.6. The molecule has 0 radical (unpaired) electrons. The highest BCUT2D eigenvalue weighted by Crippen LogP contribution is 2.43. The van der Waals surface area contributed by atoms with Gasteiger partial charge in [0.15, 0.2) is 6.10 Å². The molecule has 12 nitrogen and oxygen atoms in total. The minimum absolute atomic E-state index is 0.00516. The molecule has 5 N–H and O–H groups in total. The second-order valence-corrected chi connectivity index (χ2v) is 15.0. The average molecular weight is 846 g/mol. The van der Waals surface area contributed by atoms with Crippen molar-refractivity contribution < 1.29 is 52.6 Å². The Morgan fingerprint density at radius 3 is 1.75 bits per heavy atom. The molecule has 2 unspecified atom stereocenters. The third-order valence-corrected chi connectivity index (χ3v) is 9.05. The number of allylic oxidation sites excluding steroid dienone is 16. The van der Waals surface area contributed by atoms with Crippen LogP contribution in [0.5, 0.6) is 0 Å². The average Bonchev–Trinajstić information content (AvgIpc) is 3.20. The largest absolute Gasteiger partial charge is 0.480 e. The lowest BCUT2D eigenvalue weighted by Crippen LogP contribution is -2.34. The van der Waals surface area contributed by atoms with E-state index in [0.29, 0.717) is 25.7 Å². The van der Waals surface area contributed by atoms with Crippen LogP contribution in [-0.2, 0) is 37.5 Å². The van der Waals surface area contributed by atoms with Crippen LogP contribution in [-0.4, -0.2) is 71.1 Å². The molecule has 59 heavy (non-hydrogen) atoms. The number of aliphatic carboxylic acids is 1. The number of aliphatic hydroxyl groups is 1. The Balaban J connectivity index is 4.64. The minimum Gasteiger partial charge on any atom is -0.480 e. The van der Waals surface area contributed by atoms with Crippen molar-refractivity contribution in [2.75, 3.05) is 19.8 Å². The Labute approximate surface area is 353 Å². The van der Waals surface area contributed by atoms with Crippen LogP contribution >= 0.6 is 7.82 Å². The van der Waals surface area contributed by atoms with Gasteiger partial charge < -0.3 is 30.3 Å². The summed E-state index contributed by atoms with van der Waals surface area (Å²) in [4.78, 5) is 45.9. The number of carboxylic acid groups (broad SMARTS) is 1. The maximum Gasteiger partial charge on any atom is 0.472 e. The molecule has 0 heterocycles. The molecule has 0 rings (SSSR count). The molecule has 0 fully saturated rings. The van der Waals surface area contributed by atoms with Crippen LogP contribution in [0.4, 0.5) is 0 Å². The Bertz CT molecular complexity index is 1430. The summed E-state index contributed by atoms with van der Waals surface area (Å²) in [5.74, 6) is -2.58. The number of carbonyl (C=O) groups excluding carboxylic acids is 2. The number of esters is 2. The molecule has 0 spiro atoms. The summed E-state index contributed by atoms with van der Waals surface area (Å²) in [6.07, 6.45) is 47.9. The zero-order valence-electron chi connectivity index (χ0n) is 35.4. The molecular formula is C46H72NO11P. The molecule has 0 aliphatic heterocycles. The van der Waals surface area contributed by atoms with E-state index in [9.17, 15) is 28.9 Å². The van der Waals surface area contributed by atoms with E-state index in [1.807, 2.05) is 54.7 Å². The van der Waals surface area contributed by atoms with Gasteiger partial charge in [0.1, 0.15) is 12.6 Å². The Kier molecular flexibility index (Phi) is 36.9. The summed E-state index contributed by atoms with van der Waals surface area (Å²) >= 11 is 0. The van der Waals surface area contributed by atoms with Crippen molar-refractivity contribution in [3.63, 3.8) is 0 Å². The van der Waals surface area contributed by atoms with Gasteiger partial charge in [-0.1, -0.05) is 136 Å². The summed E-state index contributed by atoms with van der Waals surface area (Å²) in [6.45, 7) is 2.41. The highest BCUT2D eigenvalue weighted by atomic mass is 31.2. The fraction of sp³-hybridized carbons (Fsp3) is 0.543. The SMILES string of the molecule is CC/C=C\CC(O)/C=C/C=C/C/C=C\C/C=C\C/C=C\CCC(=O)O[C@H](COC(=O)CCCC/C=C\C/C=C\C/C=C\CCCCC)COP(=O)(O)OC[C@H](N)C(=O)O. The standard InChI is InChI=1S/C46H72NO11P/c1-3-5-7-8-9-10-11-12-13-16-19-22-25-28-32-36-44(49)55-38-42(39-56-59(53,54)57-40-43(47)46(51)52)58-45(50)37-33-29-26-23-20-17-14-15-18-21-24-27-31-35-41(48)34-30-6-4-2/h6,9-10,12-13,15,17-20,22,24,26-27,29-31,35,41-43,48H,3-5,7-8,11,14,16,21,23,25,28,32-34,36-40,47H2,1-2H3,(H,51,52)(H,53,54)/b10-9-,13-12-,18-15-,20-17-,22-19-,27-24+,29-26-,30-6-,35-31+/t41?,42-,43+/m1/s1. The fourth-order valence-electron chi connectivity index (χ4n) is 4.77. The van der Waals surface area contributed by atoms with E-state index in [1.54, 1.807) is 6.08 Å². The molecule has 0 bridgehead atoms. The van der Waals surface area contributed by atoms with Crippen molar-refractivity contribution in [1.82, 2.24) is 0 Å². The smallest absolute Gasteiger partial charge is 0.472 e. The fourth-order valence-corrected chi connectivity index (χ4v) is 5.55. The number of carbonyl (C=O) groups is 3. The molecule has 332 valence electrons. The number of hydrogen-bond donors (Lipinski definition) is 4. The Hall–Kier alpha value is -3.90. The summed E-state index contributed by atoms with van der Waals surface area (Å²) in [5, 5.41) is 18.7. The van der Waals surface area contributed by atoms with E-state index in [2.05, 4.69) is 67.0 Å². The van der Waals surface area contributed by atoms with Gasteiger partial charge in [-0.05, 0) is 83.5 Å². The third-order valence-electron chi connectivity index (χ3n) is 8.10. The first-order chi connectivity index (χ1) is 28.5. The summed E-state index contributed by atoms with van der Waals surface area (Å²) in [5.41, 5.74) is 5.32. The Morgan fingerprint density at radius 2 is 1.17 bits per heavy atom. The summed E-state index contributed by atoms with van der Waals surface area (Å²) in [6, 6.07) is -1.55. The van der Waals surface area contributed by atoms with Gasteiger partial charge in [-0.25, -0.2) is 4.57 Å². The van der Waals surface area contributed by atoms with Gasteiger partial charge in [-0.3, -0.25) is 23.4 Å². The van der Waals surface area contributed by atoms with Gasteiger partial charge in [-0.15, -0.1) is 0 Å². The lowest BCUT2D eigenvalue weighted by molar-refractivity contribution is -0.161. The molecule has 0 saturated heterocycles. The molecule has 0 amide bonds. The van der Waals surface area contributed by atoms with Gasteiger partial charge in [0, 0.05) is 12.8 Å². The normalized spacial score (nSPS) is 15.3. The van der Waals surface area contributed by atoms with Crippen LogP contribution in [0.2, 0.25) is 0 Å². The van der Waals surface area contributed by atoms with E-state index in [4.69, 9.17) is 24.8 Å². The second kappa shape index (κ2) is 39.6. The quantitative estimate of drug-likeness (QED) is 0.0152. The molecule has 0 aromatic heterocycles. The number of phosphoric acid groups is 1.